The third kappa shape index (κ3) is 4.12. The first-order valence-corrected chi connectivity index (χ1v) is 6.37. The van der Waals surface area contributed by atoms with Crippen LogP contribution < -0.4 is 10.6 Å². The van der Waals surface area contributed by atoms with E-state index in [1.807, 2.05) is 0 Å². The number of amides is 1. The van der Waals surface area contributed by atoms with E-state index in [2.05, 4.69) is 29.5 Å². The highest BCUT2D eigenvalue weighted by Gasteiger charge is 2.29. The number of carbonyl (C=O) groups is 1. The summed E-state index contributed by atoms with van der Waals surface area (Å²) in [5, 5.41) is 6.31. The molecule has 2 atom stereocenters. The number of nitrogens with zero attached hydrogens (tertiary/aromatic N) is 1. The first kappa shape index (κ1) is 14.7. The van der Waals surface area contributed by atoms with E-state index in [-0.39, 0.29) is 24.2 Å². The molecule has 2 fully saturated rings. The Bertz CT molecular complexity index is 258. The average molecular weight is 262 g/mol. The highest BCUT2D eigenvalue weighted by Crippen LogP contribution is 2.24. The second-order valence-corrected chi connectivity index (χ2v) is 5.24. The third-order valence-electron chi connectivity index (χ3n) is 3.79. The molecule has 1 amide bonds. The monoisotopic (exact) mass is 261 g/mol. The molecule has 2 rings (SSSR count). The van der Waals surface area contributed by atoms with Gasteiger partial charge < -0.3 is 15.5 Å². The lowest BCUT2D eigenvalue weighted by atomic mass is 9.97. The van der Waals surface area contributed by atoms with Crippen molar-refractivity contribution in [2.75, 3.05) is 33.2 Å². The molecule has 1 aliphatic carbocycles. The molecule has 0 aromatic carbocycles. The van der Waals surface area contributed by atoms with Gasteiger partial charge in [0.15, 0.2) is 0 Å². The molecule has 2 N–H and O–H groups in total. The zero-order chi connectivity index (χ0) is 11.5. The molecular formula is C12H24ClN3O. The van der Waals surface area contributed by atoms with Gasteiger partial charge in [-0.05, 0) is 32.4 Å². The van der Waals surface area contributed by atoms with Crippen LogP contribution in [-0.4, -0.2) is 50.1 Å². The molecule has 0 bridgehead atoms. The van der Waals surface area contributed by atoms with E-state index in [1.165, 1.54) is 12.8 Å². The summed E-state index contributed by atoms with van der Waals surface area (Å²) in [4.78, 5) is 14.2. The topological polar surface area (TPSA) is 44.4 Å². The van der Waals surface area contributed by atoms with Crippen LogP contribution in [0, 0.1) is 11.8 Å². The molecule has 5 heteroatoms. The normalized spacial score (nSPS) is 27.9. The van der Waals surface area contributed by atoms with Gasteiger partial charge in [-0.15, -0.1) is 12.4 Å². The quantitative estimate of drug-likeness (QED) is 0.757. The number of halogens is 1. The SMILES string of the molecule is C[C@@H]1CNC[C@H]1C(=O)NCCN(C)C1CC1.Cl. The first-order valence-electron chi connectivity index (χ1n) is 6.37. The Kier molecular flexibility index (Phi) is 5.70. The molecule has 1 saturated heterocycles. The van der Waals surface area contributed by atoms with Gasteiger partial charge in [0.05, 0.1) is 5.92 Å². The van der Waals surface area contributed by atoms with Gasteiger partial charge in [0, 0.05) is 25.7 Å². The molecule has 1 aliphatic heterocycles. The van der Waals surface area contributed by atoms with E-state index in [4.69, 9.17) is 0 Å². The second-order valence-electron chi connectivity index (χ2n) is 5.24. The molecule has 4 nitrogen and oxygen atoms in total. The van der Waals surface area contributed by atoms with E-state index in [0.29, 0.717) is 5.92 Å². The molecular weight excluding hydrogens is 238 g/mol. The van der Waals surface area contributed by atoms with Crippen LogP contribution in [0.5, 0.6) is 0 Å². The van der Waals surface area contributed by atoms with E-state index < -0.39 is 0 Å². The molecule has 1 heterocycles. The summed E-state index contributed by atoms with van der Waals surface area (Å²) in [6, 6.07) is 0.781. The van der Waals surface area contributed by atoms with Crippen LogP contribution in [0.4, 0.5) is 0 Å². The van der Waals surface area contributed by atoms with Crippen molar-refractivity contribution in [3.63, 3.8) is 0 Å². The fourth-order valence-corrected chi connectivity index (χ4v) is 2.35. The third-order valence-corrected chi connectivity index (χ3v) is 3.79. The lowest BCUT2D eigenvalue weighted by Gasteiger charge is -2.18. The fourth-order valence-electron chi connectivity index (χ4n) is 2.35. The maximum Gasteiger partial charge on any atom is 0.224 e. The Morgan fingerprint density at radius 2 is 2.12 bits per heavy atom. The number of nitrogens with one attached hydrogen (secondary N) is 2. The first-order chi connectivity index (χ1) is 7.68. The maximum absolute atomic E-state index is 11.9. The summed E-state index contributed by atoms with van der Waals surface area (Å²) >= 11 is 0. The summed E-state index contributed by atoms with van der Waals surface area (Å²) in [6.07, 6.45) is 2.65. The second kappa shape index (κ2) is 6.57. The van der Waals surface area contributed by atoms with Gasteiger partial charge in [0.2, 0.25) is 5.91 Å². The summed E-state index contributed by atoms with van der Waals surface area (Å²) in [5.41, 5.74) is 0. The van der Waals surface area contributed by atoms with Gasteiger partial charge in [-0.1, -0.05) is 6.92 Å². The lowest BCUT2D eigenvalue weighted by Crippen LogP contribution is -2.39. The summed E-state index contributed by atoms with van der Waals surface area (Å²) in [7, 11) is 2.14. The van der Waals surface area contributed by atoms with Crippen molar-refractivity contribution in [2.45, 2.75) is 25.8 Å². The van der Waals surface area contributed by atoms with Crippen LogP contribution in [0.25, 0.3) is 0 Å². The molecule has 0 unspecified atom stereocenters. The number of hydrogen-bond acceptors (Lipinski definition) is 3. The van der Waals surface area contributed by atoms with Crippen molar-refractivity contribution in [3.8, 4) is 0 Å². The minimum absolute atomic E-state index is 0. The molecule has 0 radical (unpaired) electrons. The molecule has 1 saturated carbocycles. The summed E-state index contributed by atoms with van der Waals surface area (Å²) in [5.74, 6) is 0.870. The van der Waals surface area contributed by atoms with E-state index in [1.54, 1.807) is 0 Å². The Morgan fingerprint density at radius 1 is 1.41 bits per heavy atom. The van der Waals surface area contributed by atoms with Crippen molar-refractivity contribution in [2.24, 2.45) is 11.8 Å². The highest BCUT2D eigenvalue weighted by molar-refractivity contribution is 5.85. The Hall–Kier alpha value is -0.320. The standard InChI is InChI=1S/C12H23N3O.ClH/c1-9-7-13-8-11(9)12(16)14-5-6-15(2)10-3-4-10;/h9-11,13H,3-8H2,1-2H3,(H,14,16);1H/t9-,11-;/m1./s1. The van der Waals surface area contributed by atoms with Crippen LogP contribution in [-0.2, 0) is 4.79 Å². The number of hydrogen-bond donors (Lipinski definition) is 2. The van der Waals surface area contributed by atoms with Gasteiger partial charge in [0.1, 0.15) is 0 Å². The van der Waals surface area contributed by atoms with Crippen LogP contribution in [0.15, 0.2) is 0 Å². The summed E-state index contributed by atoms with van der Waals surface area (Å²) < 4.78 is 0. The largest absolute Gasteiger partial charge is 0.355 e. The van der Waals surface area contributed by atoms with Crippen LogP contribution in [0.3, 0.4) is 0 Å². The predicted molar refractivity (Wildman–Crippen MR) is 71.4 cm³/mol. The van der Waals surface area contributed by atoms with Gasteiger partial charge in [-0.3, -0.25) is 4.79 Å². The van der Waals surface area contributed by atoms with Crippen LogP contribution >= 0.6 is 12.4 Å². The van der Waals surface area contributed by atoms with Gasteiger partial charge in [-0.25, -0.2) is 0 Å². The molecule has 100 valence electrons. The minimum Gasteiger partial charge on any atom is -0.355 e. The van der Waals surface area contributed by atoms with Crippen molar-refractivity contribution >= 4 is 18.3 Å². The van der Waals surface area contributed by atoms with Crippen molar-refractivity contribution in [1.29, 1.82) is 0 Å². The van der Waals surface area contributed by atoms with Crippen LogP contribution in [0.1, 0.15) is 19.8 Å². The Morgan fingerprint density at radius 3 is 2.65 bits per heavy atom. The van der Waals surface area contributed by atoms with Gasteiger partial charge >= 0.3 is 0 Å². The van der Waals surface area contributed by atoms with Crippen LogP contribution in [0.2, 0.25) is 0 Å². The molecule has 17 heavy (non-hydrogen) atoms. The molecule has 2 aliphatic rings. The van der Waals surface area contributed by atoms with E-state index >= 15 is 0 Å². The van der Waals surface area contributed by atoms with Crippen molar-refractivity contribution in [3.05, 3.63) is 0 Å². The average Bonchev–Trinajstić information content (AvgIpc) is 3.01. The molecule has 0 aromatic rings. The summed E-state index contributed by atoms with van der Waals surface area (Å²) in [6.45, 7) is 5.71. The maximum atomic E-state index is 11.9. The van der Waals surface area contributed by atoms with Crippen molar-refractivity contribution in [1.82, 2.24) is 15.5 Å². The highest BCUT2D eigenvalue weighted by atomic mass is 35.5. The van der Waals surface area contributed by atoms with Gasteiger partial charge in [0.25, 0.3) is 0 Å². The van der Waals surface area contributed by atoms with E-state index in [0.717, 1.165) is 32.2 Å². The predicted octanol–water partition coefficient (Wildman–Crippen LogP) is 0.474. The lowest BCUT2D eigenvalue weighted by molar-refractivity contribution is -0.125. The fraction of sp³-hybridized carbons (Fsp3) is 0.917. The zero-order valence-corrected chi connectivity index (χ0v) is 11.6. The van der Waals surface area contributed by atoms with Gasteiger partial charge in [-0.2, -0.15) is 0 Å². The number of carbonyl (C=O) groups excluding carboxylic acids is 1. The minimum atomic E-state index is 0. The smallest absolute Gasteiger partial charge is 0.224 e. The number of likely N-dealkylation sites (N-methyl/N-ethyl adjacent to an activating group) is 1. The molecule has 0 aromatic heterocycles. The van der Waals surface area contributed by atoms with E-state index in [9.17, 15) is 4.79 Å². The Balaban J connectivity index is 0.00000144. The number of rotatable bonds is 5. The zero-order valence-electron chi connectivity index (χ0n) is 10.7. The van der Waals surface area contributed by atoms with Crippen molar-refractivity contribution < 1.29 is 4.79 Å². The molecule has 0 spiro atoms. The Labute approximate surface area is 110 Å².